The van der Waals surface area contributed by atoms with E-state index in [4.69, 9.17) is 16.3 Å². The van der Waals surface area contributed by atoms with Crippen molar-refractivity contribution in [1.29, 1.82) is 0 Å². The summed E-state index contributed by atoms with van der Waals surface area (Å²) in [6, 6.07) is 0. The van der Waals surface area contributed by atoms with Crippen LogP contribution >= 0.6 is 11.6 Å². The molecule has 0 bridgehead atoms. The summed E-state index contributed by atoms with van der Waals surface area (Å²) < 4.78 is 7.32. The normalized spacial score (nSPS) is 10.4. The SMILES string of the molecule is CCn1cc(Oc2nc(Cl)ncc2C)cn1. The predicted molar refractivity (Wildman–Crippen MR) is 59.8 cm³/mol. The highest BCUT2D eigenvalue weighted by molar-refractivity contribution is 6.28. The molecule has 84 valence electrons. The largest absolute Gasteiger partial charge is 0.435 e. The van der Waals surface area contributed by atoms with E-state index in [1.165, 1.54) is 0 Å². The van der Waals surface area contributed by atoms with Crippen molar-refractivity contribution in [3.63, 3.8) is 0 Å². The Morgan fingerprint density at radius 1 is 1.44 bits per heavy atom. The van der Waals surface area contributed by atoms with Crippen molar-refractivity contribution < 1.29 is 4.74 Å². The second-order valence-electron chi connectivity index (χ2n) is 3.26. The van der Waals surface area contributed by atoms with Gasteiger partial charge in [0.25, 0.3) is 0 Å². The number of hydrogen-bond acceptors (Lipinski definition) is 4. The van der Waals surface area contributed by atoms with Gasteiger partial charge in [0.2, 0.25) is 11.2 Å². The van der Waals surface area contributed by atoms with Crippen molar-refractivity contribution in [2.24, 2.45) is 0 Å². The van der Waals surface area contributed by atoms with E-state index in [0.717, 1.165) is 12.1 Å². The highest BCUT2D eigenvalue weighted by atomic mass is 35.5. The smallest absolute Gasteiger partial charge is 0.226 e. The van der Waals surface area contributed by atoms with Crippen LogP contribution in [-0.4, -0.2) is 19.7 Å². The summed E-state index contributed by atoms with van der Waals surface area (Å²) in [6.45, 7) is 4.66. The van der Waals surface area contributed by atoms with Crippen LogP contribution in [0.4, 0.5) is 0 Å². The molecule has 0 spiro atoms. The lowest BCUT2D eigenvalue weighted by Crippen LogP contribution is -1.94. The lowest BCUT2D eigenvalue weighted by molar-refractivity contribution is 0.456. The quantitative estimate of drug-likeness (QED) is 0.771. The molecule has 0 amide bonds. The summed E-state index contributed by atoms with van der Waals surface area (Å²) in [7, 11) is 0. The summed E-state index contributed by atoms with van der Waals surface area (Å²) in [5, 5.41) is 4.27. The van der Waals surface area contributed by atoms with Gasteiger partial charge in [-0.2, -0.15) is 10.1 Å². The van der Waals surface area contributed by atoms with Crippen LogP contribution < -0.4 is 4.74 Å². The molecule has 16 heavy (non-hydrogen) atoms. The molecule has 0 aliphatic carbocycles. The number of aromatic nitrogens is 4. The van der Waals surface area contributed by atoms with E-state index in [1.807, 2.05) is 13.8 Å². The molecule has 6 heteroatoms. The first-order valence-electron chi connectivity index (χ1n) is 4.88. The van der Waals surface area contributed by atoms with E-state index in [-0.39, 0.29) is 5.28 Å². The Balaban J connectivity index is 2.22. The highest BCUT2D eigenvalue weighted by Gasteiger charge is 2.06. The van der Waals surface area contributed by atoms with E-state index >= 15 is 0 Å². The topological polar surface area (TPSA) is 52.8 Å². The van der Waals surface area contributed by atoms with Crippen molar-refractivity contribution in [3.05, 3.63) is 29.4 Å². The molecule has 2 rings (SSSR count). The minimum atomic E-state index is 0.170. The molecule has 2 aromatic rings. The van der Waals surface area contributed by atoms with Crippen LogP contribution in [0.15, 0.2) is 18.6 Å². The van der Waals surface area contributed by atoms with Crippen molar-refractivity contribution >= 4 is 11.6 Å². The summed E-state index contributed by atoms with van der Waals surface area (Å²) >= 11 is 5.69. The molecule has 0 radical (unpaired) electrons. The Labute approximate surface area is 98.0 Å². The van der Waals surface area contributed by atoms with Gasteiger partial charge in [-0.25, -0.2) is 4.98 Å². The molecule has 0 N–H and O–H groups in total. The van der Waals surface area contributed by atoms with E-state index in [1.54, 1.807) is 23.3 Å². The minimum absolute atomic E-state index is 0.170. The van der Waals surface area contributed by atoms with Crippen molar-refractivity contribution in [2.45, 2.75) is 20.4 Å². The van der Waals surface area contributed by atoms with Gasteiger partial charge in [-0.05, 0) is 25.4 Å². The Hall–Kier alpha value is -1.62. The average molecular weight is 239 g/mol. The monoisotopic (exact) mass is 238 g/mol. The fourth-order valence-electron chi connectivity index (χ4n) is 1.19. The number of hydrogen-bond donors (Lipinski definition) is 0. The third-order valence-corrected chi connectivity index (χ3v) is 2.23. The molecule has 0 unspecified atom stereocenters. The number of nitrogens with zero attached hydrogens (tertiary/aromatic N) is 4. The maximum absolute atomic E-state index is 5.69. The molecule has 2 aromatic heterocycles. The predicted octanol–water partition coefficient (Wildman–Crippen LogP) is 2.45. The Morgan fingerprint density at radius 3 is 2.94 bits per heavy atom. The lowest BCUT2D eigenvalue weighted by Gasteiger charge is -2.04. The molecule has 0 atom stereocenters. The van der Waals surface area contributed by atoms with E-state index in [0.29, 0.717) is 11.6 Å². The van der Waals surface area contributed by atoms with Crippen molar-refractivity contribution in [1.82, 2.24) is 19.7 Å². The van der Waals surface area contributed by atoms with Crippen LogP contribution in [0.2, 0.25) is 5.28 Å². The molecular weight excluding hydrogens is 228 g/mol. The molecule has 0 aliphatic heterocycles. The standard InChI is InChI=1S/C10H11ClN4O/c1-3-15-6-8(5-13-15)16-9-7(2)4-12-10(11)14-9/h4-6H,3H2,1-2H3. The summed E-state index contributed by atoms with van der Waals surface area (Å²) in [4.78, 5) is 7.85. The average Bonchev–Trinajstić information content (AvgIpc) is 2.71. The minimum Gasteiger partial charge on any atom is -0.435 e. The molecule has 0 aliphatic rings. The molecule has 2 heterocycles. The second-order valence-corrected chi connectivity index (χ2v) is 3.60. The maximum Gasteiger partial charge on any atom is 0.226 e. The van der Waals surface area contributed by atoms with E-state index in [2.05, 4.69) is 15.1 Å². The Morgan fingerprint density at radius 2 is 2.25 bits per heavy atom. The van der Waals surface area contributed by atoms with E-state index < -0.39 is 0 Å². The molecule has 5 nitrogen and oxygen atoms in total. The molecular formula is C10H11ClN4O. The summed E-state index contributed by atoms with van der Waals surface area (Å²) in [5.41, 5.74) is 0.827. The molecule has 0 saturated heterocycles. The van der Waals surface area contributed by atoms with Crippen molar-refractivity contribution in [2.75, 3.05) is 0 Å². The fraction of sp³-hybridized carbons (Fsp3) is 0.300. The first-order chi connectivity index (χ1) is 7.69. The second kappa shape index (κ2) is 4.49. The first kappa shape index (κ1) is 10.9. The third kappa shape index (κ3) is 2.30. The van der Waals surface area contributed by atoms with Crippen LogP contribution in [0, 0.1) is 6.92 Å². The van der Waals surface area contributed by atoms with Gasteiger partial charge in [0.05, 0.1) is 12.4 Å². The van der Waals surface area contributed by atoms with Gasteiger partial charge in [-0.3, -0.25) is 4.68 Å². The van der Waals surface area contributed by atoms with Crippen LogP contribution in [-0.2, 0) is 6.54 Å². The van der Waals surface area contributed by atoms with Gasteiger partial charge in [-0.1, -0.05) is 0 Å². The number of rotatable bonds is 3. The van der Waals surface area contributed by atoms with Gasteiger partial charge >= 0.3 is 0 Å². The lowest BCUT2D eigenvalue weighted by atomic mass is 10.4. The fourth-order valence-corrected chi connectivity index (χ4v) is 1.32. The van der Waals surface area contributed by atoms with Gasteiger partial charge in [-0.15, -0.1) is 0 Å². The summed E-state index contributed by atoms with van der Waals surface area (Å²) in [5.74, 6) is 1.09. The third-order valence-electron chi connectivity index (χ3n) is 2.04. The van der Waals surface area contributed by atoms with Crippen LogP contribution in [0.25, 0.3) is 0 Å². The molecule has 0 aromatic carbocycles. The molecule has 0 saturated carbocycles. The first-order valence-corrected chi connectivity index (χ1v) is 5.26. The zero-order chi connectivity index (χ0) is 11.5. The maximum atomic E-state index is 5.69. The number of aryl methyl sites for hydroxylation is 2. The van der Waals surface area contributed by atoms with E-state index in [9.17, 15) is 0 Å². The van der Waals surface area contributed by atoms with Gasteiger partial charge < -0.3 is 4.74 Å². The Bertz CT molecular complexity index is 497. The van der Waals surface area contributed by atoms with Crippen LogP contribution in [0.5, 0.6) is 11.6 Å². The zero-order valence-electron chi connectivity index (χ0n) is 9.01. The number of ether oxygens (including phenoxy) is 1. The van der Waals surface area contributed by atoms with Gasteiger partial charge in [0, 0.05) is 18.3 Å². The van der Waals surface area contributed by atoms with Crippen molar-refractivity contribution in [3.8, 4) is 11.6 Å². The highest BCUT2D eigenvalue weighted by Crippen LogP contribution is 2.22. The Kier molecular flexibility index (Phi) is 3.05. The zero-order valence-corrected chi connectivity index (χ0v) is 9.77. The van der Waals surface area contributed by atoms with Gasteiger partial charge in [0.15, 0.2) is 5.75 Å². The van der Waals surface area contributed by atoms with Crippen LogP contribution in [0.3, 0.4) is 0 Å². The molecule has 0 fully saturated rings. The van der Waals surface area contributed by atoms with Crippen LogP contribution in [0.1, 0.15) is 12.5 Å². The number of halogens is 1. The van der Waals surface area contributed by atoms with Gasteiger partial charge in [0.1, 0.15) is 0 Å². The summed E-state index contributed by atoms with van der Waals surface area (Å²) in [6.07, 6.45) is 5.06.